The summed E-state index contributed by atoms with van der Waals surface area (Å²) >= 11 is 0. The summed E-state index contributed by atoms with van der Waals surface area (Å²) in [5, 5.41) is 3.39. The van der Waals surface area contributed by atoms with Gasteiger partial charge in [0.1, 0.15) is 12.4 Å². The van der Waals surface area contributed by atoms with Crippen LogP contribution in [0, 0.1) is 0 Å². The number of rotatable bonds is 9. The molecule has 1 atom stereocenters. The fraction of sp³-hybridized carbons (Fsp3) is 0.600. The maximum atomic E-state index is 5.65. The first-order valence-corrected chi connectivity index (χ1v) is 6.83. The Morgan fingerprint density at radius 1 is 1.21 bits per heavy atom. The zero-order chi connectivity index (χ0) is 14.1. The highest BCUT2D eigenvalue weighted by molar-refractivity contribution is 5.46. The van der Waals surface area contributed by atoms with Crippen molar-refractivity contribution in [2.75, 3.05) is 45.8 Å². The molecule has 0 fully saturated rings. The Bertz CT molecular complexity index is 339. The predicted molar refractivity (Wildman–Crippen MR) is 80.1 cm³/mol. The highest BCUT2D eigenvalue weighted by Crippen LogP contribution is 2.16. The quantitative estimate of drug-likeness (QED) is 0.744. The number of hydrogen-bond donors (Lipinski definition) is 1. The zero-order valence-corrected chi connectivity index (χ0v) is 12.5. The van der Waals surface area contributed by atoms with Crippen molar-refractivity contribution >= 4 is 5.69 Å². The summed E-state index contributed by atoms with van der Waals surface area (Å²) in [7, 11) is 4.08. The first-order chi connectivity index (χ1) is 9.11. The number of anilines is 1. The second-order valence-electron chi connectivity index (χ2n) is 4.88. The van der Waals surface area contributed by atoms with E-state index in [1.165, 1.54) is 0 Å². The normalized spacial score (nSPS) is 12.5. The number of likely N-dealkylation sites (N-methyl/N-ethyl adjacent to an activating group) is 1. The van der Waals surface area contributed by atoms with Gasteiger partial charge in [-0.2, -0.15) is 0 Å². The van der Waals surface area contributed by atoms with Crippen LogP contribution >= 0.6 is 0 Å². The third-order valence-corrected chi connectivity index (χ3v) is 2.65. The molecule has 4 nitrogen and oxygen atoms in total. The largest absolute Gasteiger partial charge is 0.492 e. The minimum atomic E-state index is 0.306. The van der Waals surface area contributed by atoms with Crippen LogP contribution in [0.5, 0.6) is 5.75 Å². The highest BCUT2D eigenvalue weighted by atomic mass is 16.5. The van der Waals surface area contributed by atoms with Crippen LogP contribution in [0.1, 0.15) is 13.8 Å². The van der Waals surface area contributed by atoms with E-state index in [2.05, 4.69) is 17.1 Å². The smallest absolute Gasteiger partial charge is 0.119 e. The van der Waals surface area contributed by atoms with Crippen LogP contribution in [0.25, 0.3) is 0 Å². The molecule has 4 heteroatoms. The Kier molecular flexibility index (Phi) is 7.30. The molecule has 1 aromatic rings. The summed E-state index contributed by atoms with van der Waals surface area (Å²) in [6.07, 6.45) is 0. The summed E-state index contributed by atoms with van der Waals surface area (Å²) in [5.74, 6) is 0.907. The van der Waals surface area contributed by atoms with Crippen molar-refractivity contribution in [1.29, 1.82) is 0 Å². The van der Waals surface area contributed by atoms with E-state index in [1.54, 1.807) is 0 Å². The van der Waals surface area contributed by atoms with Crippen LogP contribution in [0.3, 0.4) is 0 Å². The van der Waals surface area contributed by atoms with Gasteiger partial charge in [0, 0.05) is 24.9 Å². The van der Waals surface area contributed by atoms with Crippen molar-refractivity contribution in [1.82, 2.24) is 4.90 Å². The number of benzene rings is 1. The van der Waals surface area contributed by atoms with Crippen LogP contribution in [0.15, 0.2) is 24.3 Å². The van der Waals surface area contributed by atoms with Gasteiger partial charge in [0.05, 0.1) is 6.61 Å². The molecule has 0 saturated heterocycles. The number of hydrogen-bond acceptors (Lipinski definition) is 4. The third-order valence-electron chi connectivity index (χ3n) is 2.65. The van der Waals surface area contributed by atoms with Crippen LogP contribution in [0.4, 0.5) is 5.69 Å². The average molecular weight is 266 g/mol. The Hall–Kier alpha value is -1.26. The van der Waals surface area contributed by atoms with E-state index in [-0.39, 0.29) is 0 Å². The van der Waals surface area contributed by atoms with Crippen molar-refractivity contribution in [3.05, 3.63) is 24.3 Å². The first-order valence-electron chi connectivity index (χ1n) is 6.83. The van der Waals surface area contributed by atoms with E-state index >= 15 is 0 Å². The van der Waals surface area contributed by atoms with Gasteiger partial charge in [-0.25, -0.2) is 0 Å². The summed E-state index contributed by atoms with van der Waals surface area (Å²) in [4.78, 5) is 2.10. The highest BCUT2D eigenvalue weighted by Gasteiger charge is 2.02. The minimum Gasteiger partial charge on any atom is -0.492 e. The molecule has 1 unspecified atom stereocenters. The van der Waals surface area contributed by atoms with Gasteiger partial charge in [0.15, 0.2) is 0 Å². The Labute approximate surface area is 116 Å². The molecule has 0 amide bonds. The molecule has 0 spiro atoms. The lowest BCUT2D eigenvalue weighted by Gasteiger charge is -2.15. The number of ether oxygens (including phenoxy) is 2. The van der Waals surface area contributed by atoms with E-state index in [9.17, 15) is 0 Å². The zero-order valence-electron chi connectivity index (χ0n) is 12.5. The molecular formula is C15H26N2O2. The molecule has 19 heavy (non-hydrogen) atoms. The van der Waals surface area contributed by atoms with Crippen molar-refractivity contribution in [3.63, 3.8) is 0 Å². The molecule has 1 N–H and O–H groups in total. The maximum Gasteiger partial charge on any atom is 0.119 e. The van der Waals surface area contributed by atoms with Crippen molar-refractivity contribution < 1.29 is 9.47 Å². The van der Waals surface area contributed by atoms with Gasteiger partial charge < -0.3 is 19.7 Å². The predicted octanol–water partition coefficient (Wildman–Crippen LogP) is 2.46. The number of nitrogens with zero attached hydrogens (tertiary/aromatic N) is 1. The minimum absolute atomic E-state index is 0.306. The second-order valence-corrected chi connectivity index (χ2v) is 4.88. The topological polar surface area (TPSA) is 33.7 Å². The fourth-order valence-corrected chi connectivity index (χ4v) is 1.61. The molecule has 108 valence electrons. The van der Waals surface area contributed by atoms with E-state index in [4.69, 9.17) is 9.47 Å². The summed E-state index contributed by atoms with van der Waals surface area (Å²) in [6, 6.07) is 8.36. The number of nitrogens with one attached hydrogen (secondary N) is 1. The molecule has 0 aliphatic heterocycles. The van der Waals surface area contributed by atoms with E-state index in [0.29, 0.717) is 12.6 Å². The first kappa shape index (κ1) is 15.8. The Balaban J connectivity index is 2.34. The van der Waals surface area contributed by atoms with Crippen LogP contribution in [-0.2, 0) is 4.74 Å². The van der Waals surface area contributed by atoms with Gasteiger partial charge >= 0.3 is 0 Å². The maximum absolute atomic E-state index is 5.65. The molecule has 0 aliphatic carbocycles. The van der Waals surface area contributed by atoms with Gasteiger partial charge in [-0.05, 0) is 52.2 Å². The third kappa shape index (κ3) is 7.03. The molecule has 0 bridgehead atoms. The van der Waals surface area contributed by atoms with Crippen LogP contribution in [-0.4, -0.2) is 51.4 Å². The Morgan fingerprint density at radius 3 is 2.47 bits per heavy atom. The molecule has 0 heterocycles. The van der Waals surface area contributed by atoms with Gasteiger partial charge in [0.25, 0.3) is 0 Å². The standard InChI is InChI=1S/C15H26N2O2/c1-5-18-12-13(2)16-14-6-8-15(9-7-14)19-11-10-17(3)4/h6-9,13,16H,5,10-12H2,1-4H3. The molecule has 1 rings (SSSR count). The van der Waals surface area contributed by atoms with Crippen molar-refractivity contribution in [2.24, 2.45) is 0 Å². The van der Waals surface area contributed by atoms with E-state index in [0.717, 1.165) is 31.2 Å². The van der Waals surface area contributed by atoms with Crippen LogP contribution < -0.4 is 10.1 Å². The lowest BCUT2D eigenvalue weighted by molar-refractivity contribution is 0.141. The lowest BCUT2D eigenvalue weighted by atomic mass is 10.2. The molecule has 0 aromatic heterocycles. The molecular weight excluding hydrogens is 240 g/mol. The van der Waals surface area contributed by atoms with Crippen molar-refractivity contribution in [2.45, 2.75) is 19.9 Å². The van der Waals surface area contributed by atoms with Crippen molar-refractivity contribution in [3.8, 4) is 5.75 Å². The van der Waals surface area contributed by atoms with Gasteiger partial charge in [-0.15, -0.1) is 0 Å². The summed E-state index contributed by atoms with van der Waals surface area (Å²) in [5.41, 5.74) is 1.09. The summed E-state index contributed by atoms with van der Waals surface area (Å²) < 4.78 is 11.0. The van der Waals surface area contributed by atoms with E-state index in [1.807, 2.05) is 45.3 Å². The van der Waals surface area contributed by atoms with Gasteiger partial charge in [0.2, 0.25) is 0 Å². The van der Waals surface area contributed by atoms with Crippen LogP contribution in [0.2, 0.25) is 0 Å². The molecule has 1 aromatic carbocycles. The Morgan fingerprint density at radius 2 is 1.89 bits per heavy atom. The fourth-order valence-electron chi connectivity index (χ4n) is 1.61. The molecule has 0 saturated carbocycles. The SMILES string of the molecule is CCOCC(C)Nc1ccc(OCCN(C)C)cc1. The molecule has 0 aliphatic rings. The average Bonchev–Trinajstić information content (AvgIpc) is 2.38. The van der Waals surface area contributed by atoms with E-state index < -0.39 is 0 Å². The van der Waals surface area contributed by atoms with Gasteiger partial charge in [-0.3, -0.25) is 0 Å². The monoisotopic (exact) mass is 266 g/mol. The molecule has 0 radical (unpaired) electrons. The van der Waals surface area contributed by atoms with Gasteiger partial charge in [-0.1, -0.05) is 0 Å². The second kappa shape index (κ2) is 8.77. The lowest BCUT2D eigenvalue weighted by Crippen LogP contribution is -2.21. The summed E-state index contributed by atoms with van der Waals surface area (Å²) in [6.45, 7) is 7.22.